The smallest absolute Gasteiger partial charge is 0.263 e. The summed E-state index contributed by atoms with van der Waals surface area (Å²) >= 11 is 7.15. The van der Waals surface area contributed by atoms with Gasteiger partial charge in [-0.25, -0.2) is 13.4 Å². The lowest BCUT2D eigenvalue weighted by atomic mass is 9.99. The average molecular weight is 565 g/mol. The SMILES string of the molecule is C[C@@H](C(=O)NC1CCN(c2ccc(S(=O)(=O)Nc3ncns3)cc2)CC1)N1CCCc2cc(Cl)ccc21.[HH].[HH]. The number of sulfonamides is 1. The number of aryl methyl sites for hydroxylation is 1. The molecular formula is C25H33ClN6O3S2. The van der Waals surface area contributed by atoms with E-state index in [2.05, 4.69) is 29.2 Å². The summed E-state index contributed by atoms with van der Waals surface area (Å²) < 4.78 is 31.3. The van der Waals surface area contributed by atoms with Gasteiger partial charge in [0.25, 0.3) is 10.0 Å². The molecule has 1 aromatic heterocycles. The molecule has 2 aliphatic heterocycles. The van der Waals surface area contributed by atoms with E-state index in [1.807, 2.05) is 37.3 Å². The maximum atomic E-state index is 13.1. The van der Waals surface area contributed by atoms with Crippen LogP contribution in [0.15, 0.2) is 53.7 Å². The van der Waals surface area contributed by atoms with Crippen molar-refractivity contribution in [1.29, 1.82) is 0 Å². The molecule has 0 unspecified atom stereocenters. The second-order valence-electron chi connectivity index (χ2n) is 9.36. The van der Waals surface area contributed by atoms with Crippen LogP contribution in [-0.2, 0) is 21.2 Å². The molecule has 2 aromatic carbocycles. The van der Waals surface area contributed by atoms with Crippen LogP contribution in [0, 0.1) is 0 Å². The lowest BCUT2D eigenvalue weighted by Crippen LogP contribution is -2.52. The van der Waals surface area contributed by atoms with Crippen molar-refractivity contribution < 1.29 is 16.1 Å². The monoisotopic (exact) mass is 564 g/mol. The number of amides is 1. The van der Waals surface area contributed by atoms with Crippen LogP contribution in [0.4, 0.5) is 16.5 Å². The second-order valence-corrected chi connectivity index (χ2v) is 12.3. The van der Waals surface area contributed by atoms with Gasteiger partial charge < -0.3 is 15.1 Å². The molecule has 37 heavy (non-hydrogen) atoms. The van der Waals surface area contributed by atoms with Crippen LogP contribution in [0.3, 0.4) is 0 Å². The summed E-state index contributed by atoms with van der Waals surface area (Å²) in [5, 5.41) is 4.21. The molecule has 1 fully saturated rings. The number of nitrogens with zero attached hydrogens (tertiary/aromatic N) is 4. The minimum absolute atomic E-state index is 0. The summed E-state index contributed by atoms with van der Waals surface area (Å²) in [4.78, 5) is 21.5. The number of hydrogen-bond donors (Lipinski definition) is 2. The van der Waals surface area contributed by atoms with Gasteiger partial charge in [-0.15, -0.1) is 0 Å². The number of aromatic nitrogens is 2. The summed E-state index contributed by atoms with van der Waals surface area (Å²) in [5.74, 6) is 0.0405. The van der Waals surface area contributed by atoms with E-state index in [-0.39, 0.29) is 30.9 Å². The van der Waals surface area contributed by atoms with Crippen molar-refractivity contribution in [2.24, 2.45) is 0 Å². The second kappa shape index (κ2) is 10.8. The summed E-state index contributed by atoms with van der Waals surface area (Å²) in [5.41, 5.74) is 3.25. The number of fused-ring (bicyclic) bond motifs is 1. The van der Waals surface area contributed by atoms with Crippen LogP contribution < -0.4 is 19.8 Å². The Morgan fingerprint density at radius 1 is 1.16 bits per heavy atom. The van der Waals surface area contributed by atoms with Gasteiger partial charge in [0.05, 0.1) is 4.90 Å². The van der Waals surface area contributed by atoms with E-state index in [1.54, 1.807) is 12.1 Å². The zero-order chi connectivity index (χ0) is 26.0. The van der Waals surface area contributed by atoms with E-state index in [0.717, 1.165) is 73.2 Å². The molecule has 3 heterocycles. The number of carbonyl (C=O) groups excluding carboxylic acids is 1. The van der Waals surface area contributed by atoms with Crippen molar-refractivity contribution >= 4 is 55.6 Å². The Bertz CT molecular complexity index is 1350. The lowest BCUT2D eigenvalue weighted by molar-refractivity contribution is -0.122. The van der Waals surface area contributed by atoms with Gasteiger partial charge in [-0.1, -0.05) is 11.6 Å². The lowest BCUT2D eigenvalue weighted by Gasteiger charge is -2.38. The standard InChI is InChI=1S/C25H29ClN6O3S2.2H2/c1-17(32-12-2-3-18-15-19(26)4-9-23(18)32)24(33)29-20-10-13-31(14-11-20)21-5-7-22(8-6-21)37(34,35)30-25-27-16-28-36-25;;/h4-9,15-17,20H,2-3,10-14H2,1H3,(H,29,33)(H,27,28,30);2*1H/t17-;;/m0../s1. The Morgan fingerprint density at radius 3 is 2.62 bits per heavy atom. The van der Waals surface area contributed by atoms with Gasteiger partial charge in [-0.05, 0) is 80.6 Å². The summed E-state index contributed by atoms with van der Waals surface area (Å²) in [6.45, 7) is 4.37. The third kappa shape index (κ3) is 5.83. The number of carbonyl (C=O) groups is 1. The highest BCUT2D eigenvalue weighted by molar-refractivity contribution is 7.93. The third-order valence-electron chi connectivity index (χ3n) is 6.98. The molecule has 12 heteroatoms. The van der Waals surface area contributed by atoms with Gasteiger partial charge in [0.2, 0.25) is 11.0 Å². The average Bonchev–Trinajstić information content (AvgIpc) is 3.40. The topological polar surface area (TPSA) is 108 Å². The molecule has 0 aliphatic carbocycles. The van der Waals surface area contributed by atoms with Crippen molar-refractivity contribution in [2.75, 3.05) is 34.2 Å². The van der Waals surface area contributed by atoms with Crippen LogP contribution in [-0.4, -0.2) is 55.4 Å². The zero-order valence-electron chi connectivity index (χ0n) is 20.4. The fraction of sp³-hybridized carbons (Fsp3) is 0.400. The van der Waals surface area contributed by atoms with Crippen molar-refractivity contribution in [3.63, 3.8) is 0 Å². The first-order valence-corrected chi connectivity index (χ1v) is 14.9. The summed E-state index contributed by atoms with van der Waals surface area (Å²) in [6.07, 6.45) is 4.93. The molecule has 0 spiro atoms. The molecule has 0 saturated carbocycles. The van der Waals surface area contributed by atoms with Crippen molar-refractivity contribution in [2.45, 2.75) is 49.6 Å². The molecule has 9 nitrogen and oxygen atoms in total. The van der Waals surface area contributed by atoms with Gasteiger partial charge in [-0.2, -0.15) is 4.37 Å². The Morgan fingerprint density at radius 2 is 1.92 bits per heavy atom. The molecule has 2 aliphatic rings. The number of hydrogen-bond acceptors (Lipinski definition) is 8. The maximum Gasteiger partial charge on any atom is 0.263 e. The Kier molecular flexibility index (Phi) is 7.55. The fourth-order valence-corrected chi connectivity index (χ4v) is 6.83. The number of rotatable bonds is 7. The van der Waals surface area contributed by atoms with E-state index in [4.69, 9.17) is 11.6 Å². The summed E-state index contributed by atoms with van der Waals surface area (Å²) in [7, 11) is -3.71. The molecule has 0 bridgehead atoms. The molecule has 0 radical (unpaired) electrons. The van der Waals surface area contributed by atoms with E-state index in [1.165, 1.54) is 11.9 Å². The number of anilines is 3. The van der Waals surface area contributed by atoms with Gasteiger partial charge in [0, 0.05) is 56.5 Å². The van der Waals surface area contributed by atoms with E-state index < -0.39 is 10.0 Å². The number of nitrogens with one attached hydrogen (secondary N) is 2. The predicted octanol–water partition coefficient (Wildman–Crippen LogP) is 4.41. The highest BCUT2D eigenvalue weighted by Crippen LogP contribution is 2.31. The van der Waals surface area contributed by atoms with Crippen LogP contribution in [0.2, 0.25) is 5.02 Å². The summed E-state index contributed by atoms with van der Waals surface area (Å²) in [6, 6.07) is 12.6. The number of benzene rings is 2. The first-order valence-electron chi connectivity index (χ1n) is 12.3. The zero-order valence-corrected chi connectivity index (χ0v) is 22.8. The van der Waals surface area contributed by atoms with Gasteiger partial charge in [0.1, 0.15) is 12.4 Å². The maximum absolute atomic E-state index is 13.1. The molecule has 1 atom stereocenters. The fourth-order valence-electron chi connectivity index (χ4n) is 4.97. The van der Waals surface area contributed by atoms with Crippen LogP contribution in [0.1, 0.15) is 34.6 Å². The minimum Gasteiger partial charge on any atom is -0.371 e. The Labute approximate surface area is 229 Å². The van der Waals surface area contributed by atoms with Crippen molar-refractivity contribution in [3.05, 3.63) is 59.4 Å². The number of halogens is 1. The quantitative estimate of drug-likeness (QED) is 0.437. The third-order valence-corrected chi connectivity index (χ3v) is 9.28. The van der Waals surface area contributed by atoms with Gasteiger partial charge >= 0.3 is 0 Å². The largest absolute Gasteiger partial charge is 0.371 e. The van der Waals surface area contributed by atoms with E-state index in [9.17, 15) is 13.2 Å². The molecule has 200 valence electrons. The first kappa shape index (κ1) is 25.7. The van der Waals surface area contributed by atoms with Crippen molar-refractivity contribution in [1.82, 2.24) is 14.7 Å². The molecule has 5 rings (SSSR count). The van der Waals surface area contributed by atoms with E-state index in [0.29, 0.717) is 0 Å². The Hall–Kier alpha value is -2.89. The van der Waals surface area contributed by atoms with Crippen LogP contribution in [0.25, 0.3) is 0 Å². The van der Waals surface area contributed by atoms with Crippen molar-refractivity contribution in [3.8, 4) is 0 Å². The predicted molar refractivity (Wildman–Crippen MR) is 151 cm³/mol. The van der Waals surface area contributed by atoms with Crippen LogP contribution in [0.5, 0.6) is 0 Å². The highest BCUT2D eigenvalue weighted by atomic mass is 35.5. The van der Waals surface area contributed by atoms with Crippen LogP contribution >= 0.6 is 23.1 Å². The molecule has 1 amide bonds. The Balaban J connectivity index is 0.00000210. The van der Waals surface area contributed by atoms with E-state index >= 15 is 0 Å². The van der Waals surface area contributed by atoms with Gasteiger partial charge in [0.15, 0.2) is 0 Å². The number of piperidine rings is 1. The minimum atomic E-state index is -3.71. The normalized spacial score (nSPS) is 17.2. The molecular weight excluding hydrogens is 532 g/mol. The highest BCUT2D eigenvalue weighted by Gasteiger charge is 2.29. The first-order chi connectivity index (χ1) is 17.8. The van der Waals surface area contributed by atoms with Gasteiger partial charge in [-0.3, -0.25) is 9.52 Å². The molecule has 3 aromatic rings. The molecule has 1 saturated heterocycles. The molecule has 2 N–H and O–H groups in total.